The van der Waals surface area contributed by atoms with Crippen LogP contribution in [0, 0.1) is 11.6 Å². The molecular formula is C18H17F4N5O2. The summed E-state index contributed by atoms with van der Waals surface area (Å²) in [4.78, 5) is 3.64. The molecule has 0 saturated heterocycles. The molecule has 7 nitrogen and oxygen atoms in total. The third kappa shape index (κ3) is 3.74. The number of rotatable bonds is 7. The summed E-state index contributed by atoms with van der Waals surface area (Å²) in [6, 6.07) is 4.11. The first-order valence-electron chi connectivity index (χ1n) is 8.28. The average molecular weight is 411 g/mol. The van der Waals surface area contributed by atoms with Gasteiger partial charge in [-0.05, 0) is 24.3 Å². The lowest BCUT2D eigenvalue weighted by molar-refractivity contribution is -0.214. The van der Waals surface area contributed by atoms with E-state index in [0.29, 0.717) is 6.07 Å². The number of benzene rings is 1. The second-order valence-electron chi connectivity index (χ2n) is 6.19. The first-order valence-corrected chi connectivity index (χ1v) is 8.28. The monoisotopic (exact) mass is 411 g/mol. The van der Waals surface area contributed by atoms with Crippen molar-refractivity contribution in [3.63, 3.8) is 0 Å². The predicted molar refractivity (Wildman–Crippen MR) is 95.3 cm³/mol. The summed E-state index contributed by atoms with van der Waals surface area (Å²) in [6.07, 6.45) is 3.24. The number of halogens is 4. The number of nitrogens with zero attached hydrogens (tertiary/aromatic N) is 4. The summed E-state index contributed by atoms with van der Waals surface area (Å²) in [7, 11) is 1.45. The van der Waals surface area contributed by atoms with Crippen LogP contribution in [0.1, 0.15) is 11.3 Å². The van der Waals surface area contributed by atoms with Crippen molar-refractivity contribution in [2.75, 3.05) is 13.6 Å². The second kappa shape index (κ2) is 7.68. The number of ether oxygens (including phenoxy) is 1. The van der Waals surface area contributed by atoms with E-state index in [-0.39, 0.29) is 5.75 Å². The van der Waals surface area contributed by atoms with Gasteiger partial charge in [0, 0.05) is 18.7 Å². The summed E-state index contributed by atoms with van der Waals surface area (Å²) >= 11 is 0. The summed E-state index contributed by atoms with van der Waals surface area (Å²) in [6.45, 7) is 2.53. The normalized spacial score (nSPS) is 16.4. The highest BCUT2D eigenvalue weighted by Gasteiger charge is 2.58. The van der Waals surface area contributed by atoms with Gasteiger partial charge in [0.25, 0.3) is 0 Å². The van der Waals surface area contributed by atoms with Crippen LogP contribution >= 0.6 is 0 Å². The summed E-state index contributed by atoms with van der Waals surface area (Å²) in [5.74, 6) is -6.24. The smallest absolute Gasteiger partial charge is 0.323 e. The predicted octanol–water partition coefficient (Wildman–Crippen LogP) is 2.47. The van der Waals surface area contributed by atoms with E-state index < -0.39 is 41.0 Å². The van der Waals surface area contributed by atoms with Crippen LogP contribution in [0.2, 0.25) is 0 Å². The molecule has 3 rings (SSSR count). The maximum absolute atomic E-state index is 15.5. The molecule has 2 heterocycles. The van der Waals surface area contributed by atoms with Crippen LogP contribution in [0.4, 0.5) is 17.6 Å². The number of nitrogens with one attached hydrogen (secondary N) is 1. The Morgan fingerprint density at radius 3 is 2.59 bits per heavy atom. The first-order chi connectivity index (χ1) is 13.7. The molecule has 0 aliphatic carbocycles. The maximum Gasteiger partial charge on any atom is 0.323 e. The van der Waals surface area contributed by atoms with E-state index in [9.17, 15) is 13.9 Å². The lowest BCUT2D eigenvalue weighted by Crippen LogP contribution is -2.55. The van der Waals surface area contributed by atoms with E-state index in [1.807, 2.05) is 0 Å². The molecule has 1 aliphatic heterocycles. The van der Waals surface area contributed by atoms with Crippen molar-refractivity contribution < 1.29 is 27.4 Å². The minimum atomic E-state index is -4.09. The van der Waals surface area contributed by atoms with Crippen molar-refractivity contribution in [2.24, 2.45) is 5.10 Å². The summed E-state index contributed by atoms with van der Waals surface area (Å²) in [5.41, 5.74) is -2.32. The number of hydrogen-bond donors (Lipinski definition) is 2. The topological polar surface area (TPSA) is 73.2 Å². The third-order valence-electron chi connectivity index (χ3n) is 4.34. The number of hydrogen-bond acceptors (Lipinski definition) is 7. The minimum absolute atomic E-state index is 0.145. The van der Waals surface area contributed by atoms with Crippen molar-refractivity contribution in [3.8, 4) is 5.75 Å². The van der Waals surface area contributed by atoms with Crippen molar-refractivity contribution in [2.45, 2.75) is 11.5 Å². The molecule has 1 atom stereocenters. The van der Waals surface area contributed by atoms with Crippen molar-refractivity contribution in [1.29, 1.82) is 0 Å². The molecule has 11 heteroatoms. The highest BCUT2D eigenvalue weighted by atomic mass is 19.3. The number of alkyl halides is 2. The van der Waals surface area contributed by atoms with Crippen LogP contribution in [0.3, 0.4) is 0 Å². The third-order valence-corrected chi connectivity index (χ3v) is 4.34. The fourth-order valence-electron chi connectivity index (χ4n) is 2.81. The number of β-amino-alcohol motifs (C(OH)–C–C–N with tert-alkyl or cyclic N) is 1. The molecule has 1 unspecified atom stereocenters. The van der Waals surface area contributed by atoms with Crippen LogP contribution in [-0.4, -0.2) is 40.1 Å². The van der Waals surface area contributed by atoms with E-state index in [1.54, 1.807) is 0 Å². The minimum Gasteiger partial charge on any atom is -0.464 e. The zero-order valence-corrected chi connectivity index (χ0v) is 15.2. The Morgan fingerprint density at radius 1 is 1.28 bits per heavy atom. The molecule has 154 valence electrons. The van der Waals surface area contributed by atoms with Crippen LogP contribution in [0.5, 0.6) is 5.75 Å². The Hall–Kier alpha value is -3.18. The fraction of sp³-hybridized carbons (Fsp3) is 0.222. The van der Waals surface area contributed by atoms with Crippen molar-refractivity contribution >= 4 is 6.34 Å². The van der Waals surface area contributed by atoms with Crippen LogP contribution < -0.4 is 10.3 Å². The first kappa shape index (κ1) is 20.6. The van der Waals surface area contributed by atoms with Gasteiger partial charge in [-0.3, -0.25) is 9.99 Å². The Kier molecular flexibility index (Phi) is 5.44. The number of hydrazone groups is 1. The number of aliphatic hydroxyl groups is 1. The molecule has 1 aromatic carbocycles. The quantitative estimate of drug-likeness (QED) is 0.539. The molecule has 0 fully saturated rings. The zero-order valence-electron chi connectivity index (χ0n) is 15.2. The molecular weight excluding hydrogens is 394 g/mol. The second-order valence-corrected chi connectivity index (χ2v) is 6.19. The van der Waals surface area contributed by atoms with E-state index in [0.717, 1.165) is 42.0 Å². The SMILES string of the molecule is C=COc1ccc(C(F)(F)C(O)(CN2C=NNN2C)c2ccc(F)cc2F)nc1. The molecule has 2 aromatic rings. The summed E-state index contributed by atoms with van der Waals surface area (Å²) < 4.78 is 63.8. The number of aromatic nitrogens is 1. The van der Waals surface area contributed by atoms with Gasteiger partial charge >= 0.3 is 5.92 Å². The molecule has 0 saturated carbocycles. The molecule has 0 bridgehead atoms. The van der Waals surface area contributed by atoms with Crippen molar-refractivity contribution in [1.82, 2.24) is 20.6 Å². The van der Waals surface area contributed by atoms with Crippen LogP contribution in [0.25, 0.3) is 0 Å². The van der Waals surface area contributed by atoms with Gasteiger partial charge in [0.15, 0.2) is 5.60 Å². The number of pyridine rings is 1. The molecule has 29 heavy (non-hydrogen) atoms. The lowest BCUT2D eigenvalue weighted by atomic mass is 9.84. The highest BCUT2D eigenvalue weighted by Crippen LogP contribution is 2.46. The van der Waals surface area contributed by atoms with Crippen LogP contribution in [-0.2, 0) is 11.5 Å². The Labute approximate surface area is 163 Å². The molecule has 0 spiro atoms. The highest BCUT2D eigenvalue weighted by molar-refractivity contribution is 5.55. The van der Waals surface area contributed by atoms with E-state index in [1.165, 1.54) is 18.2 Å². The van der Waals surface area contributed by atoms with Gasteiger partial charge in [0.1, 0.15) is 29.4 Å². The van der Waals surface area contributed by atoms with E-state index in [2.05, 4.69) is 22.2 Å². The van der Waals surface area contributed by atoms with E-state index in [4.69, 9.17) is 4.74 Å². The average Bonchev–Trinajstić information content (AvgIpc) is 3.06. The summed E-state index contributed by atoms with van der Waals surface area (Å²) in [5, 5.41) is 17.1. The lowest BCUT2D eigenvalue weighted by Gasteiger charge is -2.39. The van der Waals surface area contributed by atoms with Crippen LogP contribution in [0.15, 0.2) is 54.5 Å². The molecule has 1 aliphatic rings. The molecule has 0 amide bonds. The van der Waals surface area contributed by atoms with Gasteiger partial charge in [-0.15, -0.1) is 5.12 Å². The largest absolute Gasteiger partial charge is 0.464 e. The number of hydrazine groups is 2. The Bertz CT molecular complexity index is 925. The maximum atomic E-state index is 15.5. The van der Waals surface area contributed by atoms with Gasteiger partial charge in [-0.25, -0.2) is 14.3 Å². The fourth-order valence-corrected chi connectivity index (χ4v) is 2.81. The van der Waals surface area contributed by atoms with Gasteiger partial charge < -0.3 is 9.84 Å². The van der Waals surface area contributed by atoms with Gasteiger partial charge in [0.2, 0.25) is 0 Å². The zero-order chi connectivity index (χ0) is 21.2. The molecule has 0 radical (unpaired) electrons. The molecule has 2 N–H and O–H groups in total. The molecule has 1 aromatic heterocycles. The van der Waals surface area contributed by atoms with Gasteiger partial charge in [-0.2, -0.15) is 13.9 Å². The van der Waals surface area contributed by atoms with E-state index >= 15 is 8.78 Å². The van der Waals surface area contributed by atoms with Crippen molar-refractivity contribution in [3.05, 3.63) is 72.3 Å². The Morgan fingerprint density at radius 2 is 2.03 bits per heavy atom. The van der Waals surface area contributed by atoms with Gasteiger partial charge in [-0.1, -0.05) is 6.58 Å². The standard InChI is InChI=1S/C18H17F4N5O2/c1-3-29-13-5-7-16(23-9-13)18(21,22)17(28,10-27-11-24-25-26(27)2)14-6-4-12(19)8-15(14)20/h3-9,11,25,28H,1,10H2,2H3. The Balaban J connectivity index is 2.09. The van der Waals surface area contributed by atoms with Gasteiger partial charge in [0.05, 0.1) is 19.0 Å².